The Balaban J connectivity index is 2.38. The maximum Gasteiger partial charge on any atom is 0.433 e. The molecule has 0 saturated carbocycles. The maximum atomic E-state index is 10.4. The molecule has 0 radical (unpaired) electrons. The lowest BCUT2D eigenvalue weighted by atomic mass is 10.4. The van der Waals surface area contributed by atoms with Crippen LogP contribution in [0.25, 0.3) is 11.6 Å². The molecule has 3 N–H and O–H groups in total. The Morgan fingerprint density at radius 1 is 1.44 bits per heavy atom. The Morgan fingerprint density at radius 3 is 2.88 bits per heavy atom. The molecule has 2 heterocycles. The molecule has 0 aliphatic heterocycles. The summed E-state index contributed by atoms with van der Waals surface area (Å²) in [4.78, 5) is 17.7. The SMILES string of the molecule is NNc1ccnc(-c2ccc([N+](=O)[O-])o2)n1. The van der Waals surface area contributed by atoms with Gasteiger partial charge in [-0.15, -0.1) is 0 Å². The van der Waals surface area contributed by atoms with Crippen LogP contribution in [-0.4, -0.2) is 14.9 Å². The van der Waals surface area contributed by atoms with Gasteiger partial charge in [0.15, 0.2) is 11.6 Å². The van der Waals surface area contributed by atoms with Crippen molar-refractivity contribution in [2.75, 3.05) is 5.43 Å². The third-order valence-corrected chi connectivity index (χ3v) is 1.80. The summed E-state index contributed by atoms with van der Waals surface area (Å²) >= 11 is 0. The fourth-order valence-electron chi connectivity index (χ4n) is 1.10. The van der Waals surface area contributed by atoms with Crippen molar-refractivity contribution >= 4 is 11.7 Å². The highest BCUT2D eigenvalue weighted by Crippen LogP contribution is 2.23. The number of hydrogen-bond acceptors (Lipinski definition) is 7. The van der Waals surface area contributed by atoms with Gasteiger partial charge in [-0.25, -0.2) is 15.8 Å². The molecule has 0 fully saturated rings. The van der Waals surface area contributed by atoms with Crippen LogP contribution in [0.3, 0.4) is 0 Å². The molecule has 0 spiro atoms. The molecule has 0 unspecified atom stereocenters. The summed E-state index contributed by atoms with van der Waals surface area (Å²) in [5, 5.41) is 10.4. The van der Waals surface area contributed by atoms with Crippen molar-refractivity contribution in [3.8, 4) is 11.6 Å². The van der Waals surface area contributed by atoms with Crippen LogP contribution in [0.1, 0.15) is 0 Å². The number of furan rings is 1. The topological polar surface area (TPSA) is 120 Å². The van der Waals surface area contributed by atoms with Crippen molar-refractivity contribution in [2.24, 2.45) is 5.84 Å². The normalized spacial score (nSPS) is 10.1. The Kier molecular flexibility index (Phi) is 2.48. The molecular formula is C8H7N5O3. The summed E-state index contributed by atoms with van der Waals surface area (Å²) in [5.74, 6) is 5.64. The van der Waals surface area contributed by atoms with Gasteiger partial charge in [-0.05, 0) is 6.07 Å². The minimum atomic E-state index is -0.630. The molecule has 0 amide bonds. The molecule has 0 aliphatic rings. The Hall–Kier alpha value is -2.48. The lowest BCUT2D eigenvalue weighted by Crippen LogP contribution is -2.08. The number of hydrazine groups is 1. The first-order valence-electron chi connectivity index (χ1n) is 4.25. The number of nitrogens with two attached hydrogens (primary N) is 1. The van der Waals surface area contributed by atoms with E-state index in [0.717, 1.165) is 0 Å². The van der Waals surface area contributed by atoms with Gasteiger partial charge in [-0.1, -0.05) is 0 Å². The van der Waals surface area contributed by atoms with Crippen molar-refractivity contribution < 1.29 is 9.34 Å². The minimum Gasteiger partial charge on any atom is -0.397 e. The quantitative estimate of drug-likeness (QED) is 0.449. The fraction of sp³-hybridized carbons (Fsp3) is 0. The van der Waals surface area contributed by atoms with Crippen molar-refractivity contribution in [1.82, 2.24) is 9.97 Å². The Morgan fingerprint density at radius 2 is 2.25 bits per heavy atom. The van der Waals surface area contributed by atoms with Gasteiger partial charge in [0.1, 0.15) is 10.7 Å². The predicted molar refractivity (Wildman–Crippen MR) is 54.2 cm³/mol. The zero-order valence-corrected chi connectivity index (χ0v) is 7.95. The largest absolute Gasteiger partial charge is 0.433 e. The average Bonchev–Trinajstić information content (AvgIpc) is 2.78. The van der Waals surface area contributed by atoms with Gasteiger partial charge in [0.05, 0.1) is 6.07 Å². The first-order chi connectivity index (χ1) is 7.70. The van der Waals surface area contributed by atoms with E-state index in [1.807, 2.05) is 0 Å². The maximum absolute atomic E-state index is 10.4. The standard InChI is InChI=1S/C8H7N5O3/c9-12-6-3-4-10-8(11-6)5-1-2-7(16-5)13(14)15/h1-4H,9H2,(H,10,11,12). The highest BCUT2D eigenvalue weighted by atomic mass is 16.6. The van der Waals surface area contributed by atoms with Gasteiger partial charge >= 0.3 is 5.88 Å². The van der Waals surface area contributed by atoms with Crippen LogP contribution in [0, 0.1) is 10.1 Å². The number of nitrogens with zero attached hydrogens (tertiary/aromatic N) is 3. The van der Waals surface area contributed by atoms with E-state index in [4.69, 9.17) is 10.3 Å². The van der Waals surface area contributed by atoms with E-state index in [-0.39, 0.29) is 17.5 Å². The van der Waals surface area contributed by atoms with Gasteiger partial charge in [0.25, 0.3) is 0 Å². The summed E-state index contributed by atoms with van der Waals surface area (Å²) in [7, 11) is 0. The summed E-state index contributed by atoms with van der Waals surface area (Å²) < 4.78 is 4.94. The Bertz CT molecular complexity index is 524. The van der Waals surface area contributed by atoms with Crippen LogP contribution < -0.4 is 11.3 Å². The van der Waals surface area contributed by atoms with Crippen LogP contribution in [0.4, 0.5) is 11.7 Å². The molecule has 0 atom stereocenters. The lowest BCUT2D eigenvalue weighted by Gasteiger charge is -1.99. The van der Waals surface area contributed by atoms with Crippen LogP contribution in [0.15, 0.2) is 28.8 Å². The molecule has 8 heteroatoms. The number of nitrogen functional groups attached to an aromatic ring is 1. The first-order valence-corrected chi connectivity index (χ1v) is 4.25. The van der Waals surface area contributed by atoms with Crippen LogP contribution >= 0.6 is 0 Å². The molecule has 16 heavy (non-hydrogen) atoms. The van der Waals surface area contributed by atoms with Crippen molar-refractivity contribution in [2.45, 2.75) is 0 Å². The van der Waals surface area contributed by atoms with Gasteiger partial charge in [-0.3, -0.25) is 10.1 Å². The highest BCUT2D eigenvalue weighted by Gasteiger charge is 2.14. The van der Waals surface area contributed by atoms with Crippen molar-refractivity contribution in [3.63, 3.8) is 0 Å². The van der Waals surface area contributed by atoms with Crippen LogP contribution in [0.2, 0.25) is 0 Å². The molecule has 2 rings (SSSR count). The number of hydrogen-bond donors (Lipinski definition) is 2. The van der Waals surface area contributed by atoms with E-state index >= 15 is 0 Å². The third kappa shape index (κ3) is 1.81. The fourth-order valence-corrected chi connectivity index (χ4v) is 1.10. The highest BCUT2D eigenvalue weighted by molar-refractivity contribution is 5.51. The van der Waals surface area contributed by atoms with E-state index < -0.39 is 4.92 Å². The molecular weight excluding hydrogens is 214 g/mol. The monoisotopic (exact) mass is 221 g/mol. The van der Waals surface area contributed by atoms with Crippen LogP contribution in [-0.2, 0) is 0 Å². The molecule has 2 aromatic heterocycles. The molecule has 0 aromatic carbocycles. The minimum absolute atomic E-state index is 0.212. The molecule has 8 nitrogen and oxygen atoms in total. The third-order valence-electron chi connectivity index (χ3n) is 1.80. The zero-order chi connectivity index (χ0) is 11.5. The number of nitrogens with one attached hydrogen (secondary N) is 1. The second-order valence-corrected chi connectivity index (χ2v) is 2.80. The summed E-state index contributed by atoms with van der Waals surface area (Å²) in [6.45, 7) is 0. The summed E-state index contributed by atoms with van der Waals surface area (Å²) in [6, 6.07) is 4.22. The van der Waals surface area contributed by atoms with Gasteiger partial charge in [0.2, 0.25) is 0 Å². The molecule has 0 aliphatic carbocycles. The number of rotatable bonds is 3. The second kappa shape index (κ2) is 3.95. The van der Waals surface area contributed by atoms with E-state index in [0.29, 0.717) is 5.82 Å². The first kappa shape index (κ1) is 10.1. The van der Waals surface area contributed by atoms with Gasteiger partial charge < -0.3 is 9.84 Å². The zero-order valence-electron chi connectivity index (χ0n) is 7.95. The average molecular weight is 221 g/mol. The second-order valence-electron chi connectivity index (χ2n) is 2.80. The predicted octanol–water partition coefficient (Wildman–Crippen LogP) is 0.930. The smallest absolute Gasteiger partial charge is 0.397 e. The van der Waals surface area contributed by atoms with E-state index in [1.54, 1.807) is 6.07 Å². The number of nitro groups is 1. The van der Waals surface area contributed by atoms with Crippen LogP contribution in [0.5, 0.6) is 0 Å². The molecule has 0 bridgehead atoms. The Labute approximate surface area is 89.2 Å². The van der Waals surface area contributed by atoms with E-state index in [1.165, 1.54) is 18.3 Å². The van der Waals surface area contributed by atoms with Crippen molar-refractivity contribution in [3.05, 3.63) is 34.5 Å². The summed E-state index contributed by atoms with van der Waals surface area (Å²) in [6.07, 6.45) is 1.46. The molecule has 82 valence electrons. The lowest BCUT2D eigenvalue weighted by molar-refractivity contribution is -0.401. The number of aromatic nitrogens is 2. The molecule has 0 saturated heterocycles. The van der Waals surface area contributed by atoms with Gasteiger partial charge in [-0.2, -0.15) is 0 Å². The molecule has 2 aromatic rings. The van der Waals surface area contributed by atoms with Crippen molar-refractivity contribution in [1.29, 1.82) is 0 Å². The van der Waals surface area contributed by atoms with E-state index in [2.05, 4.69) is 15.4 Å². The summed E-state index contributed by atoms with van der Waals surface area (Å²) in [5.41, 5.74) is 2.34. The number of anilines is 1. The van der Waals surface area contributed by atoms with Gasteiger partial charge in [0, 0.05) is 12.3 Å². The van der Waals surface area contributed by atoms with E-state index in [9.17, 15) is 10.1 Å².